The fraction of sp³-hybridized carbons (Fsp3) is 0.0714. The zero-order valence-electron chi connectivity index (χ0n) is 10.8. The number of rotatable bonds is 4. The maximum atomic E-state index is 5.94. The van der Waals surface area contributed by atoms with Gasteiger partial charge < -0.3 is 4.74 Å². The average Bonchev–Trinajstić information content (AvgIpc) is 2.42. The van der Waals surface area contributed by atoms with Gasteiger partial charge in [0.25, 0.3) is 0 Å². The summed E-state index contributed by atoms with van der Waals surface area (Å²) in [6.45, 7) is 0. The second-order valence-electron chi connectivity index (χ2n) is 4.01. The van der Waals surface area contributed by atoms with E-state index in [1.807, 2.05) is 12.1 Å². The highest BCUT2D eigenvalue weighted by Crippen LogP contribution is 2.31. The lowest BCUT2D eigenvalue weighted by Crippen LogP contribution is -1.95. The van der Waals surface area contributed by atoms with Gasteiger partial charge in [0.1, 0.15) is 5.75 Å². The first-order valence-corrected chi connectivity index (χ1v) is 8.12. The monoisotopic (exact) mass is 450 g/mol. The lowest BCUT2D eigenvalue weighted by molar-refractivity contribution is 0.411. The van der Waals surface area contributed by atoms with Crippen molar-refractivity contribution in [2.75, 3.05) is 12.5 Å². The van der Waals surface area contributed by atoms with Crippen molar-refractivity contribution >= 4 is 67.0 Å². The largest absolute Gasteiger partial charge is 0.495 e. The van der Waals surface area contributed by atoms with Crippen LogP contribution in [0.25, 0.3) is 0 Å². The van der Waals surface area contributed by atoms with E-state index >= 15 is 0 Å². The number of ether oxygens (including phenoxy) is 1. The molecule has 7 heteroatoms. The fourth-order valence-corrected chi connectivity index (χ4v) is 3.35. The van der Waals surface area contributed by atoms with E-state index in [9.17, 15) is 0 Å². The van der Waals surface area contributed by atoms with E-state index in [0.717, 1.165) is 20.2 Å². The van der Waals surface area contributed by atoms with Gasteiger partial charge in [0.05, 0.1) is 33.5 Å². The van der Waals surface area contributed by atoms with Gasteiger partial charge in [-0.3, -0.25) is 5.43 Å². The number of hydrogen-bond acceptors (Lipinski definition) is 3. The molecule has 0 amide bonds. The predicted octanol–water partition coefficient (Wildman–Crippen LogP) is 5.97. The average molecular weight is 453 g/mol. The van der Waals surface area contributed by atoms with E-state index in [1.54, 1.807) is 31.5 Å². The first kappa shape index (κ1) is 16.6. The minimum atomic E-state index is 0.472. The standard InChI is InChI=1S/C14H10Br2Cl2N2O/c1-21-14-8(4-9(15)5-11(14)16)7-19-20-10-2-3-12(17)13(18)6-10/h2-7,20H,1H3. The zero-order chi connectivity index (χ0) is 15.4. The molecule has 110 valence electrons. The van der Waals surface area contributed by atoms with Crippen LogP contribution >= 0.6 is 55.1 Å². The highest BCUT2D eigenvalue weighted by molar-refractivity contribution is 9.11. The van der Waals surface area contributed by atoms with Crippen LogP contribution in [0.3, 0.4) is 0 Å². The summed E-state index contributed by atoms with van der Waals surface area (Å²) in [5, 5.41) is 5.15. The van der Waals surface area contributed by atoms with E-state index in [2.05, 4.69) is 42.4 Å². The molecule has 2 rings (SSSR count). The molecule has 0 heterocycles. The summed E-state index contributed by atoms with van der Waals surface area (Å²) >= 11 is 18.7. The van der Waals surface area contributed by atoms with Gasteiger partial charge in [-0.05, 0) is 46.3 Å². The van der Waals surface area contributed by atoms with Gasteiger partial charge in [-0.15, -0.1) is 0 Å². The molecule has 0 saturated heterocycles. The van der Waals surface area contributed by atoms with Crippen molar-refractivity contribution in [2.45, 2.75) is 0 Å². The van der Waals surface area contributed by atoms with E-state index in [1.165, 1.54) is 0 Å². The van der Waals surface area contributed by atoms with Gasteiger partial charge in [-0.25, -0.2) is 0 Å². The van der Waals surface area contributed by atoms with E-state index in [0.29, 0.717) is 15.8 Å². The number of nitrogens with one attached hydrogen (secondary N) is 1. The van der Waals surface area contributed by atoms with Crippen LogP contribution in [0.5, 0.6) is 5.75 Å². The third-order valence-electron chi connectivity index (χ3n) is 2.56. The lowest BCUT2D eigenvalue weighted by Gasteiger charge is -2.08. The second-order valence-corrected chi connectivity index (χ2v) is 6.59. The van der Waals surface area contributed by atoms with E-state index in [4.69, 9.17) is 27.9 Å². The molecular formula is C14H10Br2Cl2N2O. The molecule has 0 atom stereocenters. The van der Waals surface area contributed by atoms with Crippen molar-refractivity contribution in [1.29, 1.82) is 0 Å². The van der Waals surface area contributed by atoms with Crippen LogP contribution in [0.1, 0.15) is 5.56 Å². The van der Waals surface area contributed by atoms with Crippen LogP contribution in [0, 0.1) is 0 Å². The van der Waals surface area contributed by atoms with Crippen molar-refractivity contribution in [3.63, 3.8) is 0 Å². The highest BCUT2D eigenvalue weighted by atomic mass is 79.9. The molecule has 0 bridgehead atoms. The van der Waals surface area contributed by atoms with Gasteiger partial charge in [0, 0.05) is 10.0 Å². The molecule has 0 saturated carbocycles. The van der Waals surface area contributed by atoms with Crippen molar-refractivity contribution in [3.05, 3.63) is 54.9 Å². The van der Waals surface area contributed by atoms with Crippen LogP contribution in [0.4, 0.5) is 5.69 Å². The van der Waals surface area contributed by atoms with Gasteiger partial charge in [0.15, 0.2) is 0 Å². The van der Waals surface area contributed by atoms with Crippen molar-refractivity contribution < 1.29 is 4.74 Å². The molecule has 0 spiro atoms. The Hall–Kier alpha value is -0.750. The molecule has 0 aliphatic rings. The molecule has 0 unspecified atom stereocenters. The Labute approximate surface area is 149 Å². The van der Waals surface area contributed by atoms with Crippen LogP contribution in [0.15, 0.2) is 44.4 Å². The minimum Gasteiger partial charge on any atom is -0.495 e. The summed E-state index contributed by atoms with van der Waals surface area (Å²) in [6, 6.07) is 9.01. The molecule has 2 aromatic carbocycles. The quantitative estimate of drug-likeness (QED) is 0.457. The predicted molar refractivity (Wildman–Crippen MR) is 96.1 cm³/mol. The Bertz CT molecular complexity index is 693. The van der Waals surface area contributed by atoms with Crippen LogP contribution in [-0.2, 0) is 0 Å². The Morgan fingerprint density at radius 1 is 1.14 bits per heavy atom. The summed E-state index contributed by atoms with van der Waals surface area (Å²) < 4.78 is 7.11. The number of hydrogen-bond donors (Lipinski definition) is 1. The minimum absolute atomic E-state index is 0.472. The van der Waals surface area contributed by atoms with E-state index in [-0.39, 0.29) is 0 Å². The van der Waals surface area contributed by atoms with Crippen LogP contribution in [-0.4, -0.2) is 13.3 Å². The fourth-order valence-electron chi connectivity index (χ4n) is 1.63. The first-order chi connectivity index (χ1) is 10.0. The first-order valence-electron chi connectivity index (χ1n) is 5.78. The van der Waals surface area contributed by atoms with Crippen molar-refractivity contribution in [2.24, 2.45) is 5.10 Å². The molecular weight excluding hydrogens is 443 g/mol. The Kier molecular flexibility index (Phi) is 5.93. The van der Waals surface area contributed by atoms with Crippen LogP contribution < -0.4 is 10.2 Å². The third-order valence-corrected chi connectivity index (χ3v) is 4.34. The molecule has 3 nitrogen and oxygen atoms in total. The summed E-state index contributed by atoms with van der Waals surface area (Å²) in [5.41, 5.74) is 4.46. The van der Waals surface area contributed by atoms with Crippen molar-refractivity contribution in [1.82, 2.24) is 0 Å². The zero-order valence-corrected chi connectivity index (χ0v) is 15.5. The maximum Gasteiger partial charge on any atom is 0.141 e. The molecule has 0 fully saturated rings. The molecule has 21 heavy (non-hydrogen) atoms. The Morgan fingerprint density at radius 3 is 2.57 bits per heavy atom. The molecule has 1 N–H and O–H groups in total. The molecule has 0 radical (unpaired) electrons. The third kappa shape index (κ3) is 4.36. The highest BCUT2D eigenvalue weighted by Gasteiger charge is 2.07. The summed E-state index contributed by atoms with van der Waals surface area (Å²) in [7, 11) is 1.61. The Balaban J connectivity index is 2.19. The van der Waals surface area contributed by atoms with Crippen LogP contribution in [0.2, 0.25) is 10.0 Å². The van der Waals surface area contributed by atoms with Gasteiger partial charge in [0.2, 0.25) is 0 Å². The second kappa shape index (κ2) is 7.49. The Morgan fingerprint density at radius 2 is 1.90 bits per heavy atom. The smallest absolute Gasteiger partial charge is 0.141 e. The molecule has 0 aliphatic heterocycles. The normalized spacial score (nSPS) is 10.9. The summed E-state index contributed by atoms with van der Waals surface area (Å²) in [6.07, 6.45) is 1.66. The van der Waals surface area contributed by atoms with Gasteiger partial charge in [-0.2, -0.15) is 5.10 Å². The lowest BCUT2D eigenvalue weighted by atomic mass is 10.2. The summed E-state index contributed by atoms with van der Waals surface area (Å²) in [5.74, 6) is 0.706. The van der Waals surface area contributed by atoms with Crippen molar-refractivity contribution in [3.8, 4) is 5.75 Å². The topological polar surface area (TPSA) is 33.6 Å². The number of halogens is 4. The van der Waals surface area contributed by atoms with Gasteiger partial charge >= 0.3 is 0 Å². The van der Waals surface area contributed by atoms with E-state index < -0.39 is 0 Å². The number of hydrazone groups is 1. The molecule has 0 aromatic heterocycles. The molecule has 2 aromatic rings. The SMILES string of the molecule is COc1c(Br)cc(Br)cc1C=NNc1ccc(Cl)c(Cl)c1. The number of anilines is 1. The number of benzene rings is 2. The molecule has 0 aliphatic carbocycles. The number of nitrogens with zero attached hydrogens (tertiary/aromatic N) is 1. The maximum absolute atomic E-state index is 5.94. The summed E-state index contributed by atoms with van der Waals surface area (Å²) in [4.78, 5) is 0. The number of methoxy groups -OCH3 is 1. The van der Waals surface area contributed by atoms with Gasteiger partial charge in [-0.1, -0.05) is 39.1 Å².